The van der Waals surface area contributed by atoms with Crippen molar-refractivity contribution in [2.24, 2.45) is 11.7 Å². The largest absolute Gasteiger partial charge is 0.416 e. The van der Waals surface area contributed by atoms with Crippen LogP contribution in [0.2, 0.25) is 0 Å². The van der Waals surface area contributed by atoms with Crippen molar-refractivity contribution in [2.75, 3.05) is 6.54 Å². The van der Waals surface area contributed by atoms with Gasteiger partial charge < -0.3 is 11.1 Å². The summed E-state index contributed by atoms with van der Waals surface area (Å²) in [4.78, 5) is 12.4. The Balaban J connectivity index is 0.00000243. The van der Waals surface area contributed by atoms with Crippen LogP contribution < -0.4 is 11.1 Å². The molecule has 1 aromatic heterocycles. The maximum Gasteiger partial charge on any atom is 0.416 e. The average molecular weight is 389 g/mol. The van der Waals surface area contributed by atoms with Crippen LogP contribution in [0.25, 0.3) is 5.69 Å². The first-order chi connectivity index (χ1) is 11.8. The third-order valence-corrected chi connectivity index (χ3v) is 4.43. The highest BCUT2D eigenvalue weighted by atomic mass is 35.5. The fraction of sp³-hybridized carbons (Fsp3) is 0.412. The quantitative estimate of drug-likeness (QED) is 0.826. The molecule has 1 aliphatic rings. The van der Waals surface area contributed by atoms with Crippen LogP contribution in [-0.2, 0) is 6.18 Å². The molecule has 5 nitrogen and oxygen atoms in total. The molecule has 1 saturated carbocycles. The molecular formula is C17H20ClF3N4O. The van der Waals surface area contributed by atoms with Crippen molar-refractivity contribution < 1.29 is 18.0 Å². The average Bonchev–Trinajstić information content (AvgIpc) is 3.34. The first-order valence-electron chi connectivity index (χ1n) is 8.04. The Kier molecular flexibility index (Phi) is 5.98. The van der Waals surface area contributed by atoms with Gasteiger partial charge in [-0.3, -0.25) is 4.79 Å². The summed E-state index contributed by atoms with van der Waals surface area (Å²) >= 11 is 0. The van der Waals surface area contributed by atoms with Crippen molar-refractivity contribution in [3.05, 3.63) is 47.3 Å². The van der Waals surface area contributed by atoms with E-state index in [1.165, 1.54) is 23.0 Å². The van der Waals surface area contributed by atoms with Crippen molar-refractivity contribution >= 4 is 18.3 Å². The van der Waals surface area contributed by atoms with E-state index in [2.05, 4.69) is 10.4 Å². The summed E-state index contributed by atoms with van der Waals surface area (Å²) in [5.41, 5.74) is 5.99. The smallest absolute Gasteiger partial charge is 0.348 e. The highest BCUT2D eigenvalue weighted by Crippen LogP contribution is 2.32. The van der Waals surface area contributed by atoms with Gasteiger partial charge in [0.2, 0.25) is 0 Å². The molecule has 1 heterocycles. The van der Waals surface area contributed by atoms with Gasteiger partial charge in [0.25, 0.3) is 5.91 Å². The van der Waals surface area contributed by atoms with Crippen LogP contribution in [0.4, 0.5) is 13.2 Å². The van der Waals surface area contributed by atoms with Crippen molar-refractivity contribution in [1.82, 2.24) is 15.1 Å². The zero-order chi connectivity index (χ0) is 18.2. The van der Waals surface area contributed by atoms with E-state index in [4.69, 9.17) is 5.73 Å². The van der Waals surface area contributed by atoms with Crippen LogP contribution in [0.1, 0.15) is 34.5 Å². The Hall–Kier alpha value is -2.06. The molecule has 9 heteroatoms. The van der Waals surface area contributed by atoms with Crippen molar-refractivity contribution in [3.63, 3.8) is 0 Å². The lowest BCUT2D eigenvalue weighted by Gasteiger charge is -2.15. The van der Waals surface area contributed by atoms with Crippen LogP contribution in [0, 0.1) is 12.8 Å². The van der Waals surface area contributed by atoms with Crippen LogP contribution in [0.15, 0.2) is 30.5 Å². The molecule has 0 radical (unpaired) electrons. The first-order valence-corrected chi connectivity index (χ1v) is 8.04. The second kappa shape index (κ2) is 7.67. The molecule has 3 rings (SSSR count). The highest BCUT2D eigenvalue weighted by molar-refractivity contribution is 5.95. The molecule has 0 bridgehead atoms. The molecule has 1 amide bonds. The number of nitrogens with one attached hydrogen (secondary N) is 1. The van der Waals surface area contributed by atoms with E-state index in [1.807, 2.05) is 0 Å². The Labute approximate surface area is 155 Å². The predicted molar refractivity (Wildman–Crippen MR) is 93.6 cm³/mol. The van der Waals surface area contributed by atoms with Gasteiger partial charge in [-0.2, -0.15) is 18.3 Å². The van der Waals surface area contributed by atoms with Crippen molar-refractivity contribution in [3.8, 4) is 5.69 Å². The number of rotatable bonds is 5. The van der Waals surface area contributed by atoms with E-state index in [0.29, 0.717) is 23.7 Å². The fourth-order valence-electron chi connectivity index (χ4n) is 2.82. The van der Waals surface area contributed by atoms with Gasteiger partial charge in [-0.05, 0) is 43.9 Å². The molecule has 1 fully saturated rings. The van der Waals surface area contributed by atoms with E-state index in [1.54, 1.807) is 6.92 Å². The maximum atomic E-state index is 12.9. The van der Waals surface area contributed by atoms with E-state index < -0.39 is 11.7 Å². The first kappa shape index (κ1) is 20.3. The number of benzene rings is 1. The lowest BCUT2D eigenvalue weighted by atomic mass is 10.1. The monoisotopic (exact) mass is 388 g/mol. The number of nitrogens with two attached hydrogens (primary N) is 1. The van der Waals surface area contributed by atoms with E-state index in [-0.39, 0.29) is 30.0 Å². The SMILES string of the molecule is Cc1c(C(=O)NC(CN)C2CC2)cnn1-c1cccc(C(F)(F)F)c1.Cl. The maximum absolute atomic E-state index is 12.9. The summed E-state index contributed by atoms with van der Waals surface area (Å²) in [5, 5.41) is 6.97. The summed E-state index contributed by atoms with van der Waals surface area (Å²) in [5.74, 6) is 0.103. The number of hydrogen-bond donors (Lipinski definition) is 2. The minimum absolute atomic E-state index is 0. The van der Waals surface area contributed by atoms with Crippen molar-refractivity contribution in [2.45, 2.75) is 32.0 Å². The molecular weight excluding hydrogens is 369 g/mol. The number of alkyl halides is 3. The third kappa shape index (κ3) is 4.19. The van der Waals surface area contributed by atoms with Gasteiger partial charge in [-0.25, -0.2) is 4.68 Å². The Morgan fingerprint density at radius 1 is 1.42 bits per heavy atom. The molecule has 1 unspecified atom stereocenters. The van der Waals surface area contributed by atoms with E-state index in [0.717, 1.165) is 25.0 Å². The van der Waals surface area contributed by atoms with E-state index >= 15 is 0 Å². The summed E-state index contributed by atoms with van der Waals surface area (Å²) in [6.07, 6.45) is -0.976. The lowest BCUT2D eigenvalue weighted by molar-refractivity contribution is -0.137. The van der Waals surface area contributed by atoms with Gasteiger partial charge in [-0.15, -0.1) is 12.4 Å². The second-order valence-corrected chi connectivity index (χ2v) is 6.26. The molecule has 142 valence electrons. The number of carbonyl (C=O) groups excluding carboxylic acids is 1. The summed E-state index contributed by atoms with van der Waals surface area (Å²) in [7, 11) is 0. The zero-order valence-corrected chi connectivity index (χ0v) is 14.9. The fourth-order valence-corrected chi connectivity index (χ4v) is 2.82. The summed E-state index contributed by atoms with van der Waals surface area (Å²) in [6, 6.07) is 4.76. The molecule has 1 aromatic carbocycles. The van der Waals surface area contributed by atoms with Gasteiger partial charge in [0.05, 0.1) is 28.7 Å². The van der Waals surface area contributed by atoms with Crippen LogP contribution in [0.5, 0.6) is 0 Å². The summed E-state index contributed by atoms with van der Waals surface area (Å²) in [6.45, 7) is 2.01. The van der Waals surface area contributed by atoms with Crippen LogP contribution >= 0.6 is 12.4 Å². The number of nitrogens with zero attached hydrogens (tertiary/aromatic N) is 2. The predicted octanol–water partition coefficient (Wildman–Crippen LogP) is 3.09. The topological polar surface area (TPSA) is 72.9 Å². The Bertz CT molecular complexity index is 787. The highest BCUT2D eigenvalue weighted by Gasteiger charge is 2.32. The van der Waals surface area contributed by atoms with Crippen molar-refractivity contribution in [1.29, 1.82) is 0 Å². The lowest BCUT2D eigenvalue weighted by Crippen LogP contribution is -2.41. The molecule has 1 atom stereocenters. The number of halogens is 4. The molecule has 0 spiro atoms. The van der Waals surface area contributed by atoms with Gasteiger partial charge in [0.15, 0.2) is 0 Å². The molecule has 1 aliphatic carbocycles. The van der Waals surface area contributed by atoms with Gasteiger partial charge in [0.1, 0.15) is 0 Å². The second-order valence-electron chi connectivity index (χ2n) is 6.26. The molecule has 0 saturated heterocycles. The number of carbonyl (C=O) groups is 1. The molecule has 2 aromatic rings. The third-order valence-electron chi connectivity index (χ3n) is 4.43. The molecule has 3 N–H and O–H groups in total. The number of amides is 1. The molecule has 26 heavy (non-hydrogen) atoms. The van der Waals surface area contributed by atoms with Crippen LogP contribution in [0.3, 0.4) is 0 Å². The number of hydrogen-bond acceptors (Lipinski definition) is 3. The minimum atomic E-state index is -4.43. The Morgan fingerprint density at radius 3 is 2.69 bits per heavy atom. The summed E-state index contributed by atoms with van der Waals surface area (Å²) < 4.78 is 40.0. The molecule has 0 aliphatic heterocycles. The number of aromatic nitrogens is 2. The van der Waals surface area contributed by atoms with Gasteiger partial charge >= 0.3 is 6.18 Å². The Morgan fingerprint density at radius 2 is 2.12 bits per heavy atom. The van der Waals surface area contributed by atoms with Crippen LogP contribution in [-0.4, -0.2) is 28.3 Å². The normalized spacial score (nSPS) is 15.3. The zero-order valence-electron chi connectivity index (χ0n) is 14.1. The van der Waals surface area contributed by atoms with E-state index in [9.17, 15) is 18.0 Å². The standard InChI is InChI=1S/C17H19F3N4O.ClH/c1-10-14(16(25)23-15(8-21)11-5-6-11)9-22-24(10)13-4-2-3-12(7-13)17(18,19)20;/h2-4,7,9,11,15H,5-6,8,21H2,1H3,(H,23,25);1H. The minimum Gasteiger partial charge on any atom is -0.348 e. The van der Waals surface area contributed by atoms with Gasteiger partial charge in [0, 0.05) is 12.6 Å². The van der Waals surface area contributed by atoms with Gasteiger partial charge in [-0.1, -0.05) is 6.07 Å².